The minimum Gasteiger partial charge on any atom is -0.370 e. The minimum absolute atomic E-state index is 0.0831. The average Bonchev–Trinajstić information content (AvgIpc) is 2.17. The van der Waals surface area contributed by atoms with Crippen molar-refractivity contribution >= 4 is 23.4 Å². The zero-order valence-electron chi connectivity index (χ0n) is 7.74. The number of carbonyl (C=O) groups is 2. The van der Waals surface area contributed by atoms with Gasteiger partial charge in [-0.15, -0.1) is 0 Å². The Morgan fingerprint density at radius 3 is 2.80 bits per heavy atom. The standard InChI is InChI=1S/C8H9ClN4O2/c9-6-4-11-3-5(13-6)8(15)12-2-1-7(10)14/h3-4H,1-2H2,(H2,10,14)(H,12,15). The molecular weight excluding hydrogens is 220 g/mol. The maximum Gasteiger partial charge on any atom is 0.271 e. The average molecular weight is 229 g/mol. The van der Waals surface area contributed by atoms with Crippen molar-refractivity contribution in [1.82, 2.24) is 15.3 Å². The van der Waals surface area contributed by atoms with E-state index < -0.39 is 11.8 Å². The van der Waals surface area contributed by atoms with Gasteiger partial charge in [0.25, 0.3) is 5.91 Å². The number of aromatic nitrogens is 2. The van der Waals surface area contributed by atoms with Gasteiger partial charge >= 0.3 is 0 Å². The summed E-state index contributed by atoms with van der Waals surface area (Å²) in [5.74, 6) is -0.918. The second-order valence-corrected chi connectivity index (χ2v) is 3.09. The quantitative estimate of drug-likeness (QED) is 0.742. The Bertz CT molecular complexity index is 383. The summed E-state index contributed by atoms with van der Waals surface area (Å²) >= 11 is 5.55. The summed E-state index contributed by atoms with van der Waals surface area (Å²) in [5, 5.41) is 2.59. The number of amides is 2. The molecular formula is C8H9ClN4O2. The third-order valence-corrected chi connectivity index (χ3v) is 1.68. The van der Waals surface area contributed by atoms with E-state index in [0.29, 0.717) is 0 Å². The monoisotopic (exact) mass is 228 g/mol. The fourth-order valence-electron chi connectivity index (χ4n) is 0.841. The summed E-state index contributed by atoms with van der Waals surface area (Å²) < 4.78 is 0. The third kappa shape index (κ3) is 3.90. The van der Waals surface area contributed by atoms with Crippen molar-refractivity contribution in [1.29, 1.82) is 0 Å². The first-order chi connectivity index (χ1) is 7.09. The van der Waals surface area contributed by atoms with Gasteiger partial charge in [0.2, 0.25) is 5.91 Å². The molecule has 15 heavy (non-hydrogen) atoms. The van der Waals surface area contributed by atoms with E-state index in [0.717, 1.165) is 0 Å². The van der Waals surface area contributed by atoms with Gasteiger partial charge in [0.05, 0.1) is 12.4 Å². The van der Waals surface area contributed by atoms with E-state index in [2.05, 4.69) is 15.3 Å². The van der Waals surface area contributed by atoms with Crippen molar-refractivity contribution in [2.45, 2.75) is 6.42 Å². The normalized spacial score (nSPS) is 9.67. The second-order valence-electron chi connectivity index (χ2n) is 2.70. The van der Waals surface area contributed by atoms with Crippen LogP contribution in [0.4, 0.5) is 0 Å². The lowest BCUT2D eigenvalue weighted by molar-refractivity contribution is -0.117. The summed E-state index contributed by atoms with van der Waals surface area (Å²) in [6, 6.07) is 0. The summed E-state index contributed by atoms with van der Waals surface area (Å²) in [4.78, 5) is 29.2. The number of rotatable bonds is 4. The molecule has 0 saturated carbocycles. The van der Waals surface area contributed by atoms with Crippen molar-refractivity contribution in [3.05, 3.63) is 23.2 Å². The number of primary amides is 1. The van der Waals surface area contributed by atoms with E-state index in [1.165, 1.54) is 12.4 Å². The molecule has 1 aromatic heterocycles. The van der Waals surface area contributed by atoms with Crippen LogP contribution < -0.4 is 11.1 Å². The first-order valence-electron chi connectivity index (χ1n) is 4.13. The van der Waals surface area contributed by atoms with Crippen molar-refractivity contribution < 1.29 is 9.59 Å². The van der Waals surface area contributed by atoms with Crippen molar-refractivity contribution in [3.8, 4) is 0 Å². The van der Waals surface area contributed by atoms with E-state index in [1.54, 1.807) is 0 Å². The van der Waals surface area contributed by atoms with Crippen LogP contribution in [0.15, 0.2) is 12.4 Å². The van der Waals surface area contributed by atoms with Crippen molar-refractivity contribution in [3.63, 3.8) is 0 Å². The Balaban J connectivity index is 2.50. The smallest absolute Gasteiger partial charge is 0.271 e. The second kappa shape index (κ2) is 5.26. The highest BCUT2D eigenvalue weighted by Crippen LogP contribution is 2.01. The Kier molecular flexibility index (Phi) is 3.99. The number of nitrogens with one attached hydrogen (secondary N) is 1. The molecule has 0 aliphatic carbocycles. The zero-order chi connectivity index (χ0) is 11.3. The van der Waals surface area contributed by atoms with E-state index in [-0.39, 0.29) is 23.8 Å². The van der Waals surface area contributed by atoms with Gasteiger partial charge < -0.3 is 11.1 Å². The topological polar surface area (TPSA) is 98.0 Å². The summed E-state index contributed by atoms with van der Waals surface area (Å²) in [5.41, 5.74) is 5.01. The van der Waals surface area contributed by atoms with Crippen LogP contribution in [-0.4, -0.2) is 28.3 Å². The summed E-state index contributed by atoms with van der Waals surface area (Å²) in [6.45, 7) is 0.169. The fourth-order valence-corrected chi connectivity index (χ4v) is 0.989. The molecule has 0 fully saturated rings. The molecule has 3 N–H and O–H groups in total. The Labute approximate surface area is 90.8 Å². The Morgan fingerprint density at radius 2 is 2.20 bits per heavy atom. The van der Waals surface area contributed by atoms with Crippen LogP contribution in [0.3, 0.4) is 0 Å². The molecule has 0 bridgehead atoms. The summed E-state index contributed by atoms with van der Waals surface area (Å²) in [7, 11) is 0. The summed E-state index contributed by atoms with van der Waals surface area (Å²) in [6.07, 6.45) is 2.69. The predicted octanol–water partition coefficient (Wildman–Crippen LogP) is -0.265. The van der Waals surface area contributed by atoms with Gasteiger partial charge in [-0.05, 0) is 0 Å². The van der Waals surface area contributed by atoms with Gasteiger partial charge in [0, 0.05) is 13.0 Å². The molecule has 1 heterocycles. The number of nitrogens with two attached hydrogens (primary N) is 1. The lowest BCUT2D eigenvalue weighted by Crippen LogP contribution is -2.28. The first kappa shape index (κ1) is 11.4. The maximum absolute atomic E-state index is 11.4. The highest BCUT2D eigenvalue weighted by atomic mass is 35.5. The van der Waals surface area contributed by atoms with Crippen LogP contribution >= 0.6 is 11.6 Å². The lowest BCUT2D eigenvalue weighted by Gasteiger charge is -2.02. The van der Waals surface area contributed by atoms with Gasteiger partial charge in [-0.3, -0.25) is 14.6 Å². The zero-order valence-corrected chi connectivity index (χ0v) is 8.49. The number of halogens is 1. The number of hydrogen-bond acceptors (Lipinski definition) is 4. The minimum atomic E-state index is -0.479. The molecule has 2 amide bonds. The van der Waals surface area contributed by atoms with Gasteiger partial charge in [-0.1, -0.05) is 11.6 Å². The molecule has 0 radical (unpaired) electrons. The van der Waals surface area contributed by atoms with Crippen LogP contribution in [0.25, 0.3) is 0 Å². The van der Waals surface area contributed by atoms with Crippen LogP contribution in [0.5, 0.6) is 0 Å². The molecule has 7 heteroatoms. The Hall–Kier alpha value is -1.69. The molecule has 0 aliphatic rings. The third-order valence-electron chi connectivity index (χ3n) is 1.49. The van der Waals surface area contributed by atoms with Gasteiger partial charge in [-0.25, -0.2) is 4.98 Å². The molecule has 6 nitrogen and oxygen atoms in total. The van der Waals surface area contributed by atoms with Crippen LogP contribution in [-0.2, 0) is 4.79 Å². The molecule has 1 aromatic rings. The van der Waals surface area contributed by atoms with E-state index in [1.807, 2.05) is 0 Å². The molecule has 0 aromatic carbocycles. The highest BCUT2D eigenvalue weighted by molar-refractivity contribution is 6.29. The van der Waals surface area contributed by atoms with Crippen molar-refractivity contribution in [2.24, 2.45) is 5.73 Å². The molecule has 0 aliphatic heterocycles. The lowest BCUT2D eigenvalue weighted by atomic mass is 10.3. The number of nitrogens with zero attached hydrogens (tertiary/aromatic N) is 2. The van der Waals surface area contributed by atoms with Crippen molar-refractivity contribution in [2.75, 3.05) is 6.54 Å². The fraction of sp³-hybridized carbons (Fsp3) is 0.250. The van der Waals surface area contributed by atoms with Gasteiger partial charge in [-0.2, -0.15) is 0 Å². The highest BCUT2D eigenvalue weighted by Gasteiger charge is 2.07. The molecule has 80 valence electrons. The van der Waals surface area contributed by atoms with Crippen LogP contribution in [0.1, 0.15) is 16.9 Å². The largest absolute Gasteiger partial charge is 0.370 e. The van der Waals surface area contributed by atoms with E-state index in [9.17, 15) is 9.59 Å². The number of hydrogen-bond donors (Lipinski definition) is 2. The van der Waals surface area contributed by atoms with Crippen LogP contribution in [0, 0.1) is 0 Å². The molecule has 0 unspecified atom stereocenters. The Morgan fingerprint density at radius 1 is 1.47 bits per heavy atom. The first-order valence-corrected chi connectivity index (χ1v) is 4.51. The molecule has 1 rings (SSSR count). The SMILES string of the molecule is NC(=O)CCNC(=O)c1cncc(Cl)n1. The molecule has 0 atom stereocenters. The molecule has 0 saturated heterocycles. The molecule has 0 spiro atoms. The maximum atomic E-state index is 11.4. The van der Waals surface area contributed by atoms with Crippen LogP contribution in [0.2, 0.25) is 5.15 Å². The predicted molar refractivity (Wildman–Crippen MR) is 53.2 cm³/mol. The van der Waals surface area contributed by atoms with E-state index in [4.69, 9.17) is 17.3 Å². The number of carbonyl (C=O) groups excluding carboxylic acids is 2. The van der Waals surface area contributed by atoms with Gasteiger partial charge in [0.15, 0.2) is 0 Å². The van der Waals surface area contributed by atoms with Gasteiger partial charge in [0.1, 0.15) is 10.8 Å². The van der Waals surface area contributed by atoms with E-state index >= 15 is 0 Å².